The van der Waals surface area contributed by atoms with Crippen molar-refractivity contribution in [1.82, 2.24) is 0 Å². The van der Waals surface area contributed by atoms with E-state index in [9.17, 15) is 4.79 Å². The number of esters is 1. The highest BCUT2D eigenvalue weighted by Crippen LogP contribution is 2.78. The van der Waals surface area contributed by atoms with Crippen molar-refractivity contribution in [3.63, 3.8) is 0 Å². The maximum Gasteiger partial charge on any atom is 0.306 e. The van der Waals surface area contributed by atoms with E-state index < -0.39 is 0 Å². The SMILES string of the molecule is BC1(B)C(C(=O)OC)C(B)(B)C(B)(B)C1(B)B. The molecule has 1 aliphatic carbocycles. The number of ether oxygens (including phenoxy) is 1. The fraction of sp³-hybridized carbons (Fsp3) is 0.857. The van der Waals surface area contributed by atoms with E-state index in [1.807, 2.05) is 0 Å². The van der Waals surface area contributed by atoms with E-state index in [0.29, 0.717) is 0 Å². The molecular weight excluding hydrogens is 203 g/mol. The normalized spacial score (nSPS) is 28.5. The lowest BCUT2D eigenvalue weighted by Crippen LogP contribution is -2.39. The Kier molecular flexibility index (Phi) is 3.31. The van der Waals surface area contributed by atoms with Crippen LogP contribution in [0.3, 0.4) is 0 Å². The van der Waals surface area contributed by atoms with Gasteiger partial charge in [0, 0.05) is 5.92 Å². The van der Waals surface area contributed by atoms with Crippen molar-refractivity contribution in [2.75, 3.05) is 7.11 Å². The summed E-state index contributed by atoms with van der Waals surface area (Å²) >= 11 is 0. The first-order valence-electron chi connectivity index (χ1n) is 6.43. The Morgan fingerprint density at radius 3 is 1.41 bits per heavy atom. The van der Waals surface area contributed by atoms with E-state index in [2.05, 4.69) is 62.8 Å². The summed E-state index contributed by atoms with van der Waals surface area (Å²) in [5.41, 5.74) is 0. The molecule has 1 saturated carbocycles. The van der Waals surface area contributed by atoms with Gasteiger partial charge in [0.2, 0.25) is 0 Å². The molecule has 0 saturated heterocycles. The molecule has 0 heterocycles. The highest BCUT2D eigenvalue weighted by molar-refractivity contribution is 6.68. The molecule has 0 spiro atoms. The van der Waals surface area contributed by atoms with Crippen molar-refractivity contribution < 1.29 is 9.53 Å². The second-order valence-electron chi connectivity index (χ2n) is 7.65. The topological polar surface area (TPSA) is 26.3 Å². The monoisotopic (exact) mass is 224 g/mol. The second-order valence-corrected chi connectivity index (χ2v) is 7.65. The minimum atomic E-state index is -0.0763. The summed E-state index contributed by atoms with van der Waals surface area (Å²) in [6.07, 6.45) is 0. The van der Waals surface area contributed by atoms with Crippen molar-refractivity contribution in [3.05, 3.63) is 0 Å². The van der Waals surface area contributed by atoms with Crippen LogP contribution < -0.4 is 0 Å². The summed E-state index contributed by atoms with van der Waals surface area (Å²) in [6, 6.07) is 0. The van der Waals surface area contributed by atoms with Gasteiger partial charge in [0.05, 0.1) is 69.9 Å². The van der Waals surface area contributed by atoms with Gasteiger partial charge in [-0.2, -0.15) is 0 Å². The Balaban J connectivity index is 3.48. The van der Waals surface area contributed by atoms with E-state index in [1.54, 1.807) is 0 Å². The van der Waals surface area contributed by atoms with Gasteiger partial charge in [-0.3, -0.25) is 4.79 Å². The number of hydrogen-bond acceptors (Lipinski definition) is 2. The van der Waals surface area contributed by atoms with E-state index in [1.165, 1.54) is 7.11 Å². The van der Waals surface area contributed by atoms with Gasteiger partial charge in [0.1, 0.15) is 0 Å². The molecule has 0 radical (unpaired) electrons. The van der Waals surface area contributed by atoms with Crippen LogP contribution >= 0.6 is 0 Å². The van der Waals surface area contributed by atoms with Gasteiger partial charge in [-0.1, -0.05) is 10.4 Å². The smallest absolute Gasteiger partial charge is 0.306 e. The van der Waals surface area contributed by atoms with Crippen LogP contribution in [-0.4, -0.2) is 75.8 Å². The van der Waals surface area contributed by atoms with E-state index >= 15 is 0 Å². The minimum absolute atomic E-state index is 0.0648. The molecule has 0 bridgehead atoms. The Morgan fingerprint density at radius 2 is 1.18 bits per heavy atom. The highest BCUT2D eigenvalue weighted by Gasteiger charge is 2.68. The first kappa shape index (κ1) is 15.0. The molecule has 0 aromatic heterocycles. The number of rotatable bonds is 1. The maximum atomic E-state index is 12.2. The van der Waals surface area contributed by atoms with Gasteiger partial charge < -0.3 is 4.74 Å². The quantitative estimate of drug-likeness (QED) is 0.326. The van der Waals surface area contributed by atoms with Crippen molar-refractivity contribution in [1.29, 1.82) is 0 Å². The standard InChI is InChI=1S/C7H20B8O2/c1-17-3(16)2-4(8,9)6(12,13)7(14,15)5(2,10)11/h2H,8-15H2,1H3. The molecule has 0 aromatic carbocycles. The van der Waals surface area contributed by atoms with Crippen molar-refractivity contribution >= 4 is 68.7 Å². The van der Waals surface area contributed by atoms with Crippen molar-refractivity contribution in [2.24, 2.45) is 5.92 Å². The van der Waals surface area contributed by atoms with Gasteiger partial charge in [0.15, 0.2) is 0 Å². The molecule has 84 valence electrons. The van der Waals surface area contributed by atoms with Crippen LogP contribution in [-0.2, 0) is 9.53 Å². The number of carbonyl (C=O) groups excluding carboxylic acids is 1. The van der Waals surface area contributed by atoms with Crippen LogP contribution in [0.4, 0.5) is 0 Å². The van der Waals surface area contributed by atoms with E-state index in [0.717, 1.165) is 0 Å². The van der Waals surface area contributed by atoms with Crippen LogP contribution in [0.1, 0.15) is 0 Å². The third kappa shape index (κ3) is 1.55. The zero-order valence-corrected chi connectivity index (χ0v) is 12.9. The summed E-state index contributed by atoms with van der Waals surface area (Å²) < 4.78 is 5.05. The molecule has 1 aliphatic rings. The summed E-state index contributed by atoms with van der Waals surface area (Å²) in [7, 11) is 19.4. The molecule has 0 aromatic rings. The molecular formula is C7H20B8O2. The zero-order valence-electron chi connectivity index (χ0n) is 12.9. The largest absolute Gasteiger partial charge is 0.469 e. The van der Waals surface area contributed by atoms with Crippen LogP contribution in [0, 0.1) is 5.92 Å². The molecule has 0 aliphatic heterocycles. The molecule has 10 heteroatoms. The lowest BCUT2D eigenvalue weighted by molar-refractivity contribution is -0.145. The molecule has 0 amide bonds. The molecule has 2 nitrogen and oxygen atoms in total. The van der Waals surface area contributed by atoms with E-state index in [4.69, 9.17) is 4.74 Å². The summed E-state index contributed by atoms with van der Waals surface area (Å²) in [6.45, 7) is 0. The number of methoxy groups -OCH3 is 1. The van der Waals surface area contributed by atoms with Crippen molar-refractivity contribution in [3.8, 4) is 0 Å². The number of carbonyl (C=O) groups is 1. The average molecular weight is 223 g/mol. The third-order valence-corrected chi connectivity index (χ3v) is 6.66. The molecule has 17 heavy (non-hydrogen) atoms. The predicted molar refractivity (Wildman–Crippen MR) is 94.6 cm³/mol. The Hall–Kier alpha value is -0.0105. The lowest BCUT2D eigenvalue weighted by Gasteiger charge is -2.49. The molecule has 0 unspecified atom stereocenters. The van der Waals surface area contributed by atoms with Gasteiger partial charge in [-0.25, -0.2) is 0 Å². The molecule has 1 rings (SSSR count). The minimum Gasteiger partial charge on any atom is -0.469 e. The zero-order chi connectivity index (χ0) is 13.9. The van der Waals surface area contributed by atoms with Crippen LogP contribution in [0.2, 0.25) is 20.9 Å². The van der Waals surface area contributed by atoms with Crippen molar-refractivity contribution in [2.45, 2.75) is 20.9 Å². The fourth-order valence-electron chi connectivity index (χ4n) is 3.94. The average Bonchev–Trinajstić information content (AvgIpc) is 2.21. The maximum absolute atomic E-state index is 12.2. The Labute approximate surface area is 112 Å². The predicted octanol–water partition coefficient (Wildman–Crippen LogP) is -6.68. The summed E-state index contributed by atoms with van der Waals surface area (Å²) in [5, 5.41) is -0.00903. The second kappa shape index (κ2) is 3.74. The van der Waals surface area contributed by atoms with Crippen LogP contribution in [0.5, 0.6) is 0 Å². The van der Waals surface area contributed by atoms with Gasteiger partial charge >= 0.3 is 5.97 Å². The lowest BCUT2D eigenvalue weighted by atomic mass is 9.17. The highest BCUT2D eigenvalue weighted by atomic mass is 16.5. The summed E-state index contributed by atoms with van der Waals surface area (Å²) in [5.74, 6) is -0.136. The fourth-order valence-corrected chi connectivity index (χ4v) is 3.94. The van der Waals surface area contributed by atoms with Crippen LogP contribution in [0.15, 0.2) is 0 Å². The Morgan fingerprint density at radius 1 is 0.882 bits per heavy atom. The molecule has 0 N–H and O–H groups in total. The van der Waals surface area contributed by atoms with Gasteiger partial charge in [-0.15, -0.1) is 10.4 Å². The summed E-state index contributed by atoms with van der Waals surface area (Å²) in [4.78, 5) is 12.2. The number of hydrogen-bond donors (Lipinski definition) is 0. The third-order valence-electron chi connectivity index (χ3n) is 6.66. The van der Waals surface area contributed by atoms with Crippen LogP contribution in [0.25, 0.3) is 0 Å². The van der Waals surface area contributed by atoms with Gasteiger partial charge in [-0.05, 0) is 0 Å². The molecule has 0 atom stereocenters. The first-order valence-corrected chi connectivity index (χ1v) is 6.43. The van der Waals surface area contributed by atoms with E-state index in [-0.39, 0.29) is 32.7 Å². The Bertz CT molecular complexity index is 324. The first-order chi connectivity index (χ1) is 7.35. The van der Waals surface area contributed by atoms with Gasteiger partial charge in [0.25, 0.3) is 0 Å². The molecule has 1 fully saturated rings.